The average Bonchev–Trinajstić information content (AvgIpc) is 3.16. The molecule has 3 heterocycles. The van der Waals surface area contributed by atoms with Crippen molar-refractivity contribution in [1.82, 2.24) is 14.7 Å². The van der Waals surface area contributed by atoms with Crippen LogP contribution in [0.1, 0.15) is 46.0 Å². The van der Waals surface area contributed by atoms with E-state index >= 15 is 0 Å². The molecule has 3 rings (SSSR count). The molecule has 3 aliphatic heterocycles. The van der Waals surface area contributed by atoms with Gasteiger partial charge >= 0.3 is 0 Å². The number of piperidine rings is 1. The highest BCUT2D eigenvalue weighted by molar-refractivity contribution is 5.04. The molecular weight excluding hydrogens is 260 g/mol. The minimum atomic E-state index is 0.259. The second-order valence-electron chi connectivity index (χ2n) is 7.73. The number of nitrogens with two attached hydrogens (primary N) is 1. The summed E-state index contributed by atoms with van der Waals surface area (Å²) in [6, 6.07) is 1.45. The monoisotopic (exact) mass is 294 g/mol. The average molecular weight is 294 g/mol. The van der Waals surface area contributed by atoms with E-state index in [2.05, 4.69) is 28.5 Å². The summed E-state index contributed by atoms with van der Waals surface area (Å²) in [6.07, 6.45) is 6.85. The molecule has 4 nitrogen and oxygen atoms in total. The summed E-state index contributed by atoms with van der Waals surface area (Å²) in [6.45, 7) is 13.0. The van der Waals surface area contributed by atoms with E-state index in [0.29, 0.717) is 6.04 Å². The Bertz CT molecular complexity index is 340. The van der Waals surface area contributed by atoms with Crippen molar-refractivity contribution in [3.63, 3.8) is 0 Å². The first-order chi connectivity index (χ1) is 10.1. The molecule has 2 N–H and O–H groups in total. The standard InChI is InChI=1S/C17H34N4/c1-15(2)20-11-7-17(13-18,14-20)21-10-6-16(12-21)19-8-4-3-5-9-19/h15-16H,3-14,18H2,1-2H3. The van der Waals surface area contributed by atoms with Gasteiger partial charge in [0.15, 0.2) is 0 Å². The fraction of sp³-hybridized carbons (Fsp3) is 1.00. The molecule has 0 aromatic rings. The van der Waals surface area contributed by atoms with Crippen molar-refractivity contribution < 1.29 is 0 Å². The first kappa shape index (κ1) is 15.7. The van der Waals surface area contributed by atoms with Crippen molar-refractivity contribution in [2.75, 3.05) is 45.8 Å². The Morgan fingerprint density at radius 2 is 1.86 bits per heavy atom. The van der Waals surface area contributed by atoms with Crippen molar-refractivity contribution in [2.24, 2.45) is 5.73 Å². The lowest BCUT2D eigenvalue weighted by Gasteiger charge is -2.39. The van der Waals surface area contributed by atoms with Gasteiger partial charge in [-0.15, -0.1) is 0 Å². The zero-order valence-corrected chi connectivity index (χ0v) is 14.1. The first-order valence-electron chi connectivity index (χ1n) is 9.08. The zero-order chi connectivity index (χ0) is 14.9. The Balaban J connectivity index is 1.61. The lowest BCUT2D eigenvalue weighted by molar-refractivity contribution is 0.100. The highest BCUT2D eigenvalue weighted by Crippen LogP contribution is 2.33. The highest BCUT2D eigenvalue weighted by Gasteiger charge is 2.45. The molecule has 122 valence electrons. The van der Waals surface area contributed by atoms with Crippen LogP contribution in [0.3, 0.4) is 0 Å². The number of likely N-dealkylation sites (tertiary alicyclic amines) is 3. The third-order valence-electron chi connectivity index (χ3n) is 6.21. The van der Waals surface area contributed by atoms with Crippen molar-refractivity contribution in [2.45, 2.75) is 63.6 Å². The molecule has 2 unspecified atom stereocenters. The fourth-order valence-electron chi connectivity index (χ4n) is 4.64. The molecular formula is C17H34N4. The molecule has 0 bridgehead atoms. The zero-order valence-electron chi connectivity index (χ0n) is 14.1. The fourth-order valence-corrected chi connectivity index (χ4v) is 4.64. The molecule has 0 amide bonds. The van der Waals surface area contributed by atoms with Crippen molar-refractivity contribution >= 4 is 0 Å². The molecule has 21 heavy (non-hydrogen) atoms. The van der Waals surface area contributed by atoms with Gasteiger partial charge in [0.2, 0.25) is 0 Å². The van der Waals surface area contributed by atoms with Crippen LogP contribution in [0.25, 0.3) is 0 Å². The van der Waals surface area contributed by atoms with Gasteiger partial charge in [0.25, 0.3) is 0 Å². The van der Waals surface area contributed by atoms with Gasteiger partial charge in [-0.05, 0) is 52.6 Å². The third kappa shape index (κ3) is 3.14. The smallest absolute Gasteiger partial charge is 0.0471 e. The normalized spacial score (nSPS) is 36.9. The number of nitrogens with zero attached hydrogens (tertiary/aromatic N) is 3. The molecule has 3 aliphatic rings. The molecule has 4 heteroatoms. The molecule has 0 aliphatic carbocycles. The van der Waals surface area contributed by atoms with Gasteiger partial charge in [-0.3, -0.25) is 14.7 Å². The Hall–Kier alpha value is -0.160. The van der Waals surface area contributed by atoms with Gasteiger partial charge < -0.3 is 5.73 Å². The molecule has 0 aromatic heterocycles. The Morgan fingerprint density at radius 3 is 2.48 bits per heavy atom. The van der Waals surface area contributed by atoms with Crippen molar-refractivity contribution in [3.05, 3.63) is 0 Å². The highest BCUT2D eigenvalue weighted by atomic mass is 15.3. The van der Waals surface area contributed by atoms with Crippen LogP contribution in [0.5, 0.6) is 0 Å². The van der Waals surface area contributed by atoms with E-state index in [1.807, 2.05) is 0 Å². The topological polar surface area (TPSA) is 35.7 Å². The van der Waals surface area contributed by atoms with E-state index < -0.39 is 0 Å². The van der Waals surface area contributed by atoms with Crippen LogP contribution in [0.15, 0.2) is 0 Å². The quantitative estimate of drug-likeness (QED) is 0.849. The van der Waals surface area contributed by atoms with E-state index in [9.17, 15) is 0 Å². The first-order valence-corrected chi connectivity index (χ1v) is 9.08. The summed E-state index contributed by atoms with van der Waals surface area (Å²) >= 11 is 0. The number of hydrogen-bond acceptors (Lipinski definition) is 4. The van der Waals surface area contributed by atoms with Crippen LogP contribution in [0.2, 0.25) is 0 Å². The minimum Gasteiger partial charge on any atom is -0.329 e. The van der Waals surface area contributed by atoms with Crippen LogP contribution in [-0.4, -0.2) is 78.1 Å². The second-order valence-corrected chi connectivity index (χ2v) is 7.73. The number of rotatable bonds is 4. The molecule has 0 aromatic carbocycles. The Labute approximate surface area is 130 Å². The van der Waals surface area contributed by atoms with Crippen LogP contribution in [0.4, 0.5) is 0 Å². The summed E-state index contributed by atoms with van der Waals surface area (Å²) in [5.41, 5.74) is 6.51. The lowest BCUT2D eigenvalue weighted by atomic mass is 9.96. The summed E-state index contributed by atoms with van der Waals surface area (Å²) in [7, 11) is 0. The lowest BCUT2D eigenvalue weighted by Crippen LogP contribution is -2.56. The maximum Gasteiger partial charge on any atom is 0.0471 e. The molecule has 0 saturated carbocycles. The van der Waals surface area contributed by atoms with Crippen LogP contribution in [-0.2, 0) is 0 Å². The van der Waals surface area contributed by atoms with Crippen LogP contribution >= 0.6 is 0 Å². The van der Waals surface area contributed by atoms with Crippen molar-refractivity contribution in [1.29, 1.82) is 0 Å². The van der Waals surface area contributed by atoms with E-state index in [1.165, 1.54) is 71.4 Å². The number of hydrogen-bond donors (Lipinski definition) is 1. The second kappa shape index (κ2) is 6.53. The Kier molecular flexibility index (Phi) is 4.89. The SMILES string of the molecule is CC(C)N1CCC(CN)(N2CCC(N3CCCCC3)C2)C1. The minimum absolute atomic E-state index is 0.259. The molecule has 3 saturated heterocycles. The molecule has 0 radical (unpaired) electrons. The van der Waals surface area contributed by atoms with E-state index in [1.54, 1.807) is 0 Å². The van der Waals surface area contributed by atoms with Gasteiger partial charge in [0.1, 0.15) is 0 Å². The Morgan fingerprint density at radius 1 is 1.10 bits per heavy atom. The van der Waals surface area contributed by atoms with Gasteiger partial charge in [-0.25, -0.2) is 0 Å². The van der Waals surface area contributed by atoms with Gasteiger partial charge in [0, 0.05) is 50.3 Å². The summed E-state index contributed by atoms with van der Waals surface area (Å²) < 4.78 is 0. The predicted octanol–water partition coefficient (Wildman–Crippen LogP) is 1.36. The van der Waals surface area contributed by atoms with Crippen LogP contribution < -0.4 is 5.73 Å². The summed E-state index contributed by atoms with van der Waals surface area (Å²) in [5.74, 6) is 0. The summed E-state index contributed by atoms with van der Waals surface area (Å²) in [5, 5.41) is 0. The van der Waals surface area contributed by atoms with Crippen molar-refractivity contribution in [3.8, 4) is 0 Å². The van der Waals surface area contributed by atoms with Gasteiger partial charge in [-0.1, -0.05) is 6.42 Å². The third-order valence-corrected chi connectivity index (χ3v) is 6.21. The van der Waals surface area contributed by atoms with E-state index in [-0.39, 0.29) is 5.54 Å². The van der Waals surface area contributed by atoms with E-state index in [4.69, 9.17) is 5.73 Å². The summed E-state index contributed by atoms with van der Waals surface area (Å²) in [4.78, 5) is 8.11. The maximum atomic E-state index is 6.25. The predicted molar refractivity (Wildman–Crippen MR) is 88.5 cm³/mol. The van der Waals surface area contributed by atoms with E-state index in [0.717, 1.165) is 12.6 Å². The van der Waals surface area contributed by atoms with Gasteiger partial charge in [-0.2, -0.15) is 0 Å². The molecule has 3 fully saturated rings. The molecule has 0 spiro atoms. The van der Waals surface area contributed by atoms with Crippen LogP contribution in [0, 0.1) is 0 Å². The maximum absolute atomic E-state index is 6.25. The largest absolute Gasteiger partial charge is 0.329 e. The van der Waals surface area contributed by atoms with Gasteiger partial charge in [0.05, 0.1) is 0 Å². The molecule has 2 atom stereocenters.